The van der Waals surface area contributed by atoms with E-state index in [0.717, 1.165) is 0 Å². The molecule has 0 bridgehead atoms. The van der Waals surface area contributed by atoms with Crippen LogP contribution in [0.4, 0.5) is 5.69 Å². The molecule has 0 heterocycles. The third-order valence-electron chi connectivity index (χ3n) is 4.75. The molecule has 3 aromatic carbocycles. The number of anilines is 1. The predicted octanol–water partition coefficient (Wildman–Crippen LogP) is 3.75. The van der Waals surface area contributed by atoms with Gasteiger partial charge in [0.2, 0.25) is 6.10 Å². The molecule has 2 amide bonds. The Morgan fingerprint density at radius 3 is 2.38 bits per heavy atom. The molecule has 1 unspecified atom stereocenters. The third-order valence-corrected chi connectivity index (χ3v) is 4.75. The first kappa shape index (κ1) is 24.3. The Hall–Kier alpha value is -4.33. The maximum absolute atomic E-state index is 13.0. The number of hydrogen-bond donors (Lipinski definition) is 2. The monoisotopic (exact) mass is 462 g/mol. The minimum Gasteiger partial charge on any atom is -0.497 e. The van der Waals surface area contributed by atoms with E-state index in [1.54, 1.807) is 78.9 Å². The molecule has 1 atom stereocenters. The summed E-state index contributed by atoms with van der Waals surface area (Å²) in [7, 11) is 1.52. The zero-order valence-electron chi connectivity index (χ0n) is 18.9. The minimum atomic E-state index is -1.22. The van der Waals surface area contributed by atoms with Crippen LogP contribution in [0.3, 0.4) is 0 Å². The van der Waals surface area contributed by atoms with Gasteiger partial charge in [-0.1, -0.05) is 48.5 Å². The van der Waals surface area contributed by atoms with E-state index in [1.807, 2.05) is 6.92 Å². The van der Waals surface area contributed by atoms with Crippen molar-refractivity contribution in [2.24, 2.45) is 0 Å². The molecule has 0 spiro atoms. The van der Waals surface area contributed by atoms with Crippen molar-refractivity contribution in [3.63, 3.8) is 0 Å². The minimum absolute atomic E-state index is 0.299. The van der Waals surface area contributed by atoms with Gasteiger partial charge >= 0.3 is 5.97 Å². The molecule has 0 aliphatic rings. The quantitative estimate of drug-likeness (QED) is 0.445. The lowest BCUT2D eigenvalue weighted by atomic mass is 10.1. The summed E-state index contributed by atoms with van der Waals surface area (Å²) < 4.78 is 16.1. The van der Waals surface area contributed by atoms with Gasteiger partial charge in [0.05, 0.1) is 19.3 Å². The van der Waals surface area contributed by atoms with Gasteiger partial charge in [-0.3, -0.25) is 14.4 Å². The van der Waals surface area contributed by atoms with Crippen LogP contribution < -0.4 is 20.1 Å². The molecule has 0 aliphatic carbocycles. The van der Waals surface area contributed by atoms with E-state index in [0.29, 0.717) is 34.9 Å². The number of carbonyl (C=O) groups is 3. The first-order valence-electron chi connectivity index (χ1n) is 10.7. The second-order valence-electron chi connectivity index (χ2n) is 7.11. The highest BCUT2D eigenvalue weighted by molar-refractivity contribution is 5.99. The van der Waals surface area contributed by atoms with Crippen LogP contribution in [0.2, 0.25) is 0 Å². The molecule has 0 aliphatic heterocycles. The Kier molecular flexibility index (Phi) is 8.62. The van der Waals surface area contributed by atoms with E-state index < -0.39 is 30.4 Å². The SMILES string of the molecule is CCOc1ccccc1C(=O)NCC(=O)OC(C(=O)Nc1cccc(OC)c1)c1ccccc1. The molecule has 3 rings (SSSR count). The third kappa shape index (κ3) is 6.59. The van der Waals surface area contributed by atoms with Gasteiger partial charge in [0.15, 0.2) is 0 Å². The molecule has 0 saturated carbocycles. The lowest BCUT2D eigenvalue weighted by molar-refractivity contribution is -0.153. The molecule has 2 N–H and O–H groups in total. The van der Waals surface area contributed by atoms with E-state index in [2.05, 4.69) is 10.6 Å². The van der Waals surface area contributed by atoms with Gasteiger partial charge in [-0.25, -0.2) is 0 Å². The summed E-state index contributed by atoms with van der Waals surface area (Å²) in [5.74, 6) is -0.812. The molecule has 176 valence electrons. The van der Waals surface area contributed by atoms with Crippen molar-refractivity contribution in [2.45, 2.75) is 13.0 Å². The number of rotatable bonds is 10. The van der Waals surface area contributed by atoms with Crippen LogP contribution in [0.1, 0.15) is 28.9 Å². The maximum Gasteiger partial charge on any atom is 0.326 e. The van der Waals surface area contributed by atoms with Crippen molar-refractivity contribution >= 4 is 23.5 Å². The highest BCUT2D eigenvalue weighted by atomic mass is 16.5. The van der Waals surface area contributed by atoms with Crippen molar-refractivity contribution in [3.05, 3.63) is 90.0 Å². The summed E-state index contributed by atoms with van der Waals surface area (Å²) in [4.78, 5) is 38.1. The molecule has 0 fully saturated rings. The van der Waals surface area contributed by atoms with E-state index in [1.165, 1.54) is 7.11 Å². The molecular formula is C26H26N2O6. The summed E-state index contributed by atoms with van der Waals surface area (Å²) in [6.07, 6.45) is -1.22. The van der Waals surface area contributed by atoms with Gasteiger partial charge in [0.25, 0.3) is 11.8 Å². The smallest absolute Gasteiger partial charge is 0.326 e. The Labute approximate surface area is 197 Å². The largest absolute Gasteiger partial charge is 0.497 e. The van der Waals surface area contributed by atoms with Crippen molar-refractivity contribution in [1.29, 1.82) is 0 Å². The number of methoxy groups -OCH3 is 1. The van der Waals surface area contributed by atoms with E-state index in [-0.39, 0.29) is 0 Å². The molecule has 8 nitrogen and oxygen atoms in total. The summed E-state index contributed by atoms with van der Waals surface area (Å²) >= 11 is 0. The average molecular weight is 463 g/mol. The second kappa shape index (κ2) is 12.1. The summed E-state index contributed by atoms with van der Waals surface area (Å²) in [6.45, 7) is 1.79. The first-order valence-corrected chi connectivity index (χ1v) is 10.7. The molecule has 34 heavy (non-hydrogen) atoms. The number of ether oxygens (including phenoxy) is 3. The number of carbonyl (C=O) groups excluding carboxylic acids is 3. The molecule has 0 saturated heterocycles. The fraction of sp³-hybridized carbons (Fsp3) is 0.192. The lowest BCUT2D eigenvalue weighted by Gasteiger charge is -2.18. The van der Waals surface area contributed by atoms with Gasteiger partial charge in [-0.2, -0.15) is 0 Å². The Morgan fingerprint density at radius 2 is 1.65 bits per heavy atom. The number of benzene rings is 3. The highest BCUT2D eigenvalue weighted by Gasteiger charge is 2.25. The standard InChI is InChI=1S/C26H26N2O6/c1-3-33-22-15-8-7-14-21(22)25(30)27-17-23(29)34-24(18-10-5-4-6-11-18)26(31)28-19-12-9-13-20(16-19)32-2/h4-16,24H,3,17H2,1-2H3,(H,27,30)(H,28,31). The number of esters is 1. The van der Waals surface area contributed by atoms with Gasteiger partial charge in [-0.05, 0) is 31.2 Å². The number of hydrogen-bond acceptors (Lipinski definition) is 6. The number of amides is 2. The van der Waals surface area contributed by atoms with Crippen LogP contribution in [0, 0.1) is 0 Å². The van der Waals surface area contributed by atoms with Gasteiger partial charge in [0, 0.05) is 17.3 Å². The molecule has 0 aromatic heterocycles. The second-order valence-corrected chi connectivity index (χ2v) is 7.11. The van der Waals surface area contributed by atoms with E-state index in [9.17, 15) is 14.4 Å². The number of nitrogens with one attached hydrogen (secondary N) is 2. The van der Waals surface area contributed by atoms with Gasteiger partial charge < -0.3 is 24.8 Å². The molecular weight excluding hydrogens is 436 g/mol. The van der Waals surface area contributed by atoms with Crippen molar-refractivity contribution in [2.75, 3.05) is 25.6 Å². The Morgan fingerprint density at radius 1 is 0.912 bits per heavy atom. The average Bonchev–Trinajstić information content (AvgIpc) is 2.87. The highest BCUT2D eigenvalue weighted by Crippen LogP contribution is 2.22. The van der Waals surface area contributed by atoms with Crippen LogP contribution in [-0.2, 0) is 14.3 Å². The maximum atomic E-state index is 13.0. The Balaban J connectivity index is 1.68. The van der Waals surface area contributed by atoms with Crippen molar-refractivity contribution < 1.29 is 28.6 Å². The zero-order chi connectivity index (χ0) is 24.3. The van der Waals surface area contributed by atoms with Gasteiger partial charge in [-0.15, -0.1) is 0 Å². The first-order chi connectivity index (χ1) is 16.5. The van der Waals surface area contributed by atoms with Crippen LogP contribution in [-0.4, -0.2) is 38.0 Å². The van der Waals surface area contributed by atoms with Crippen molar-refractivity contribution in [1.82, 2.24) is 5.32 Å². The molecule has 3 aromatic rings. The van der Waals surface area contributed by atoms with Crippen LogP contribution >= 0.6 is 0 Å². The Bertz CT molecular complexity index is 1130. The summed E-state index contributed by atoms with van der Waals surface area (Å²) in [5.41, 5.74) is 1.28. The normalized spacial score (nSPS) is 11.1. The van der Waals surface area contributed by atoms with Crippen LogP contribution in [0.5, 0.6) is 11.5 Å². The fourth-order valence-corrected chi connectivity index (χ4v) is 3.17. The number of para-hydroxylation sites is 1. The summed E-state index contributed by atoms with van der Waals surface area (Å²) in [6, 6.07) is 22.2. The van der Waals surface area contributed by atoms with E-state index >= 15 is 0 Å². The predicted molar refractivity (Wildman–Crippen MR) is 127 cm³/mol. The topological polar surface area (TPSA) is 103 Å². The van der Waals surface area contributed by atoms with Crippen LogP contribution in [0.15, 0.2) is 78.9 Å². The molecule has 0 radical (unpaired) electrons. The van der Waals surface area contributed by atoms with Crippen LogP contribution in [0.25, 0.3) is 0 Å². The molecule has 8 heteroatoms. The lowest BCUT2D eigenvalue weighted by Crippen LogP contribution is -2.33. The van der Waals surface area contributed by atoms with Crippen molar-refractivity contribution in [3.8, 4) is 11.5 Å². The fourth-order valence-electron chi connectivity index (χ4n) is 3.17. The van der Waals surface area contributed by atoms with E-state index in [4.69, 9.17) is 14.2 Å². The summed E-state index contributed by atoms with van der Waals surface area (Å²) in [5, 5.41) is 5.25. The zero-order valence-corrected chi connectivity index (χ0v) is 18.9. The van der Waals surface area contributed by atoms with Gasteiger partial charge in [0.1, 0.15) is 18.0 Å².